The van der Waals surface area contributed by atoms with Gasteiger partial charge in [-0.1, -0.05) is 12.1 Å². The first kappa shape index (κ1) is 19.1. The normalized spacial score (nSPS) is 18.2. The molecular weight excluding hydrogens is 374 g/mol. The molecule has 0 unspecified atom stereocenters. The molecule has 2 aliphatic heterocycles. The second kappa shape index (κ2) is 7.65. The molecule has 152 valence electrons. The van der Waals surface area contributed by atoms with Gasteiger partial charge in [-0.25, -0.2) is 9.78 Å². The van der Waals surface area contributed by atoms with Crippen LogP contribution >= 0.6 is 0 Å². The average molecular weight is 397 g/mol. The fourth-order valence-corrected chi connectivity index (χ4v) is 3.97. The Bertz CT molecular complexity index is 1020. The summed E-state index contributed by atoms with van der Waals surface area (Å²) < 4.78 is 1.47. The van der Waals surface area contributed by atoms with Crippen molar-refractivity contribution in [1.82, 2.24) is 24.3 Å². The van der Waals surface area contributed by atoms with E-state index in [1.54, 1.807) is 28.0 Å². The van der Waals surface area contributed by atoms with E-state index in [9.17, 15) is 19.2 Å². The highest BCUT2D eigenvalue weighted by molar-refractivity contribution is 6.01. The van der Waals surface area contributed by atoms with E-state index in [1.165, 1.54) is 17.9 Å². The average Bonchev–Trinajstić information content (AvgIpc) is 3.00. The predicted molar refractivity (Wildman–Crippen MR) is 105 cm³/mol. The van der Waals surface area contributed by atoms with Crippen molar-refractivity contribution in [2.75, 3.05) is 26.7 Å². The maximum absolute atomic E-state index is 12.6. The van der Waals surface area contributed by atoms with Gasteiger partial charge >= 0.3 is 6.03 Å². The number of piperidine rings is 1. The van der Waals surface area contributed by atoms with E-state index in [0.29, 0.717) is 36.8 Å². The molecule has 0 aliphatic carbocycles. The summed E-state index contributed by atoms with van der Waals surface area (Å²) in [7, 11) is 1.49. The molecule has 2 saturated heterocycles. The fraction of sp³-hybridized carbons (Fsp3) is 0.450. The zero-order valence-corrected chi connectivity index (χ0v) is 16.3. The molecule has 9 nitrogen and oxygen atoms in total. The number of fused-ring (bicyclic) bond motifs is 1. The van der Waals surface area contributed by atoms with E-state index in [4.69, 9.17) is 0 Å². The van der Waals surface area contributed by atoms with E-state index in [2.05, 4.69) is 4.98 Å². The van der Waals surface area contributed by atoms with Crippen molar-refractivity contribution in [2.45, 2.75) is 31.8 Å². The van der Waals surface area contributed by atoms with E-state index in [0.717, 1.165) is 4.90 Å². The predicted octanol–water partition coefficient (Wildman–Crippen LogP) is 0.672. The number of likely N-dealkylation sites (tertiary alicyclic amines) is 1. The summed E-state index contributed by atoms with van der Waals surface area (Å²) in [5.74, 6) is -0.215. The number of aromatic nitrogens is 2. The van der Waals surface area contributed by atoms with Crippen molar-refractivity contribution in [2.24, 2.45) is 0 Å². The highest BCUT2D eigenvalue weighted by Crippen LogP contribution is 2.21. The molecule has 2 aromatic rings. The molecule has 2 fully saturated rings. The monoisotopic (exact) mass is 397 g/mol. The Morgan fingerprint density at radius 1 is 1.14 bits per heavy atom. The van der Waals surface area contributed by atoms with Gasteiger partial charge in [-0.15, -0.1) is 0 Å². The molecule has 1 aromatic carbocycles. The molecule has 1 aromatic heterocycles. The quantitative estimate of drug-likeness (QED) is 0.707. The van der Waals surface area contributed by atoms with Gasteiger partial charge in [-0.05, 0) is 25.0 Å². The zero-order chi connectivity index (χ0) is 20.5. The summed E-state index contributed by atoms with van der Waals surface area (Å²) in [6.07, 6.45) is 3.00. The minimum absolute atomic E-state index is 0.0206. The number of hydrogen-bond donors (Lipinski definition) is 0. The van der Waals surface area contributed by atoms with Gasteiger partial charge in [-0.3, -0.25) is 23.9 Å². The smallest absolute Gasteiger partial charge is 0.327 e. The van der Waals surface area contributed by atoms with Crippen molar-refractivity contribution in [3.05, 3.63) is 40.9 Å². The number of hydrogen-bond acceptors (Lipinski definition) is 5. The van der Waals surface area contributed by atoms with Crippen molar-refractivity contribution >= 4 is 28.7 Å². The molecule has 3 heterocycles. The molecule has 4 amide bonds. The first-order valence-electron chi connectivity index (χ1n) is 9.75. The molecule has 0 radical (unpaired) electrons. The van der Waals surface area contributed by atoms with E-state index >= 15 is 0 Å². The van der Waals surface area contributed by atoms with Gasteiger partial charge in [0.05, 0.1) is 17.2 Å². The largest absolute Gasteiger partial charge is 0.342 e. The van der Waals surface area contributed by atoms with Crippen LogP contribution in [-0.4, -0.2) is 74.8 Å². The Kier molecular flexibility index (Phi) is 5.04. The van der Waals surface area contributed by atoms with Gasteiger partial charge in [0.25, 0.3) is 5.56 Å². The molecule has 0 saturated carbocycles. The van der Waals surface area contributed by atoms with Gasteiger partial charge in [0.15, 0.2) is 0 Å². The lowest BCUT2D eigenvalue weighted by Crippen LogP contribution is -2.48. The van der Waals surface area contributed by atoms with Crippen LogP contribution in [0, 0.1) is 0 Å². The second-order valence-electron chi connectivity index (χ2n) is 7.49. The third-order valence-corrected chi connectivity index (χ3v) is 5.77. The molecule has 0 spiro atoms. The summed E-state index contributed by atoms with van der Waals surface area (Å²) in [4.78, 5) is 57.7. The van der Waals surface area contributed by atoms with E-state index in [1.807, 2.05) is 6.07 Å². The molecule has 9 heteroatoms. The number of carbonyl (C=O) groups excluding carboxylic acids is 3. The first-order valence-corrected chi connectivity index (χ1v) is 9.75. The lowest BCUT2D eigenvalue weighted by Gasteiger charge is -2.36. The van der Waals surface area contributed by atoms with Crippen molar-refractivity contribution in [3.63, 3.8) is 0 Å². The number of imide groups is 1. The summed E-state index contributed by atoms with van der Waals surface area (Å²) in [5.41, 5.74) is 0.492. The topological polar surface area (TPSA) is 95.8 Å². The van der Waals surface area contributed by atoms with Crippen LogP contribution in [-0.2, 0) is 16.1 Å². The van der Waals surface area contributed by atoms with E-state index < -0.39 is 0 Å². The van der Waals surface area contributed by atoms with Gasteiger partial charge < -0.3 is 9.80 Å². The standard InChI is InChI=1S/C20H23N5O4/c1-22-18(27)12-25(20(22)29)14-6-9-23(10-7-14)17(26)8-11-24-13-21-16-5-3-2-4-15(16)19(24)28/h2-5,13-14H,6-12H2,1H3. The zero-order valence-electron chi connectivity index (χ0n) is 16.3. The number of aryl methyl sites for hydroxylation is 1. The van der Waals surface area contributed by atoms with Crippen LogP contribution in [0.1, 0.15) is 19.3 Å². The van der Waals surface area contributed by atoms with Crippen LogP contribution < -0.4 is 5.56 Å². The van der Waals surface area contributed by atoms with Crippen LogP contribution in [0.5, 0.6) is 0 Å². The summed E-state index contributed by atoms with van der Waals surface area (Å²) >= 11 is 0. The molecule has 2 aliphatic rings. The number of amides is 4. The SMILES string of the molecule is CN1C(=O)CN(C2CCN(C(=O)CCn3cnc4ccccc4c3=O)CC2)C1=O. The Hall–Kier alpha value is -3.23. The van der Waals surface area contributed by atoms with Crippen LogP contribution in [0.2, 0.25) is 0 Å². The van der Waals surface area contributed by atoms with Crippen molar-refractivity contribution < 1.29 is 14.4 Å². The Morgan fingerprint density at radius 3 is 2.55 bits per heavy atom. The minimum Gasteiger partial charge on any atom is -0.342 e. The Morgan fingerprint density at radius 2 is 1.86 bits per heavy atom. The lowest BCUT2D eigenvalue weighted by atomic mass is 10.0. The van der Waals surface area contributed by atoms with Crippen LogP contribution in [0.15, 0.2) is 35.4 Å². The Balaban J connectivity index is 1.33. The van der Waals surface area contributed by atoms with Gasteiger partial charge in [0.1, 0.15) is 6.54 Å². The fourth-order valence-electron chi connectivity index (χ4n) is 3.97. The Labute approximate surface area is 167 Å². The third kappa shape index (κ3) is 3.59. The number of nitrogens with zero attached hydrogens (tertiary/aromatic N) is 5. The first-order chi connectivity index (χ1) is 14.0. The van der Waals surface area contributed by atoms with E-state index in [-0.39, 0.29) is 49.0 Å². The third-order valence-electron chi connectivity index (χ3n) is 5.77. The highest BCUT2D eigenvalue weighted by atomic mass is 16.2. The maximum atomic E-state index is 12.6. The van der Waals surface area contributed by atoms with Crippen LogP contribution in [0.3, 0.4) is 0 Å². The van der Waals surface area contributed by atoms with Crippen molar-refractivity contribution in [3.8, 4) is 0 Å². The molecular formula is C20H23N5O4. The second-order valence-corrected chi connectivity index (χ2v) is 7.49. The number of likely N-dealkylation sites (N-methyl/N-ethyl adjacent to an activating group) is 1. The molecule has 0 bridgehead atoms. The number of carbonyl (C=O) groups is 3. The molecule has 4 rings (SSSR count). The van der Waals surface area contributed by atoms with Gasteiger partial charge in [0, 0.05) is 39.1 Å². The highest BCUT2D eigenvalue weighted by Gasteiger charge is 2.38. The summed E-state index contributed by atoms with van der Waals surface area (Å²) in [5, 5.41) is 0.540. The molecule has 29 heavy (non-hydrogen) atoms. The van der Waals surface area contributed by atoms with Crippen molar-refractivity contribution in [1.29, 1.82) is 0 Å². The van der Waals surface area contributed by atoms with Crippen LogP contribution in [0.4, 0.5) is 4.79 Å². The summed E-state index contributed by atoms with van der Waals surface area (Å²) in [6, 6.07) is 6.86. The number of rotatable bonds is 4. The van der Waals surface area contributed by atoms with Gasteiger partial charge in [0.2, 0.25) is 11.8 Å². The molecule has 0 N–H and O–H groups in total. The lowest BCUT2D eigenvalue weighted by molar-refractivity contribution is -0.133. The maximum Gasteiger partial charge on any atom is 0.327 e. The number of para-hydroxylation sites is 1. The van der Waals surface area contributed by atoms with Crippen LogP contribution in [0.25, 0.3) is 10.9 Å². The minimum atomic E-state index is -0.261. The van der Waals surface area contributed by atoms with Gasteiger partial charge in [-0.2, -0.15) is 0 Å². The molecule has 0 atom stereocenters. The summed E-state index contributed by atoms with van der Waals surface area (Å²) in [6.45, 7) is 1.47. The number of benzene rings is 1. The number of urea groups is 1.